The van der Waals surface area contributed by atoms with Crippen LogP contribution in [-0.2, 0) is 11.3 Å². The van der Waals surface area contributed by atoms with E-state index >= 15 is 0 Å². The van der Waals surface area contributed by atoms with Gasteiger partial charge in [-0.05, 0) is 44.4 Å². The molecule has 2 rings (SSSR count). The van der Waals surface area contributed by atoms with Crippen LogP contribution in [0.4, 0.5) is 0 Å². The van der Waals surface area contributed by atoms with Gasteiger partial charge in [0.2, 0.25) is 0 Å². The third kappa shape index (κ3) is 3.00. The summed E-state index contributed by atoms with van der Waals surface area (Å²) in [4.78, 5) is 3.73. The Bertz CT molecular complexity index is 307. The minimum Gasteiger partial charge on any atom is -0.380 e. The largest absolute Gasteiger partial charge is 0.380 e. The number of rotatable bonds is 3. The average molecular weight is 226 g/mol. The maximum Gasteiger partial charge on any atom is 0.0621 e. The summed E-state index contributed by atoms with van der Waals surface area (Å²) in [5.74, 6) is 0. The highest BCUT2D eigenvalue weighted by Gasteiger charge is 2.18. The van der Waals surface area contributed by atoms with E-state index in [1.165, 1.54) is 17.7 Å². The van der Waals surface area contributed by atoms with Crippen LogP contribution in [-0.4, -0.2) is 35.6 Å². The molecule has 1 aromatic heterocycles. The monoisotopic (exact) mass is 226 g/mol. The smallest absolute Gasteiger partial charge is 0.0621 e. The third-order valence-corrected chi connectivity index (χ3v) is 3.70. The van der Waals surface area contributed by atoms with Crippen LogP contribution < -0.4 is 0 Å². The molecule has 1 fully saturated rings. The summed E-state index contributed by atoms with van der Waals surface area (Å²) >= 11 is 1.61. The van der Waals surface area contributed by atoms with Crippen molar-refractivity contribution in [3.63, 3.8) is 0 Å². The Labute approximate surface area is 95.2 Å². The molecule has 1 aromatic rings. The molecule has 4 heteroatoms. The Morgan fingerprint density at radius 2 is 2.53 bits per heavy atom. The number of likely N-dealkylation sites (N-methyl/N-ethyl adjacent to an activating group) is 1. The zero-order chi connectivity index (χ0) is 10.7. The Morgan fingerprint density at radius 1 is 1.67 bits per heavy atom. The Hall–Kier alpha value is -0.450. The van der Waals surface area contributed by atoms with E-state index in [0.29, 0.717) is 6.04 Å². The van der Waals surface area contributed by atoms with E-state index < -0.39 is 0 Å². The van der Waals surface area contributed by atoms with E-state index in [0.717, 1.165) is 25.5 Å². The lowest BCUT2D eigenvalue weighted by atomic mass is 10.1. The topological polar surface area (TPSA) is 25.4 Å². The molecule has 0 amide bonds. The van der Waals surface area contributed by atoms with E-state index in [4.69, 9.17) is 4.74 Å². The van der Waals surface area contributed by atoms with Crippen molar-refractivity contribution in [2.45, 2.75) is 32.4 Å². The molecule has 0 radical (unpaired) electrons. The number of ether oxygens (including phenoxy) is 1. The fraction of sp³-hybridized carbons (Fsp3) is 0.727. The Kier molecular flexibility index (Phi) is 3.72. The molecular formula is C11H18N2OS. The number of hydrogen-bond acceptors (Lipinski definition) is 4. The molecule has 3 nitrogen and oxygen atoms in total. The van der Waals surface area contributed by atoms with Gasteiger partial charge < -0.3 is 4.74 Å². The predicted octanol–water partition coefficient (Wildman–Crippen LogP) is 2.06. The molecule has 0 aliphatic carbocycles. The molecule has 1 saturated heterocycles. The van der Waals surface area contributed by atoms with E-state index in [2.05, 4.69) is 22.4 Å². The first kappa shape index (κ1) is 11.0. The predicted molar refractivity (Wildman–Crippen MR) is 62.2 cm³/mol. The lowest BCUT2D eigenvalue weighted by Crippen LogP contribution is -2.37. The highest BCUT2D eigenvalue weighted by molar-refractivity contribution is 7.05. The summed E-state index contributed by atoms with van der Waals surface area (Å²) in [5.41, 5.74) is 1.13. The van der Waals surface area contributed by atoms with Crippen LogP contribution >= 0.6 is 11.5 Å². The van der Waals surface area contributed by atoms with Crippen LogP contribution in [0.3, 0.4) is 0 Å². The fourth-order valence-corrected chi connectivity index (χ4v) is 2.74. The van der Waals surface area contributed by atoms with Gasteiger partial charge in [-0.3, -0.25) is 4.90 Å². The van der Waals surface area contributed by atoms with Crippen LogP contribution in [0.2, 0.25) is 0 Å². The second-order valence-corrected chi connectivity index (χ2v) is 5.11. The summed E-state index contributed by atoms with van der Waals surface area (Å²) in [6, 6.07) is 2.76. The number of hydrogen-bond donors (Lipinski definition) is 0. The van der Waals surface area contributed by atoms with E-state index in [1.54, 1.807) is 11.5 Å². The summed E-state index contributed by atoms with van der Waals surface area (Å²) in [6.07, 6.45) is 2.45. The molecule has 1 aliphatic rings. The first-order chi connectivity index (χ1) is 7.25. The van der Waals surface area contributed by atoms with Crippen molar-refractivity contribution in [2.24, 2.45) is 0 Å². The molecule has 0 saturated carbocycles. The number of aryl methyl sites for hydroxylation is 1. The molecular weight excluding hydrogens is 208 g/mol. The quantitative estimate of drug-likeness (QED) is 0.789. The van der Waals surface area contributed by atoms with Crippen LogP contribution in [0.1, 0.15) is 23.4 Å². The van der Waals surface area contributed by atoms with Gasteiger partial charge in [0.05, 0.1) is 12.3 Å². The molecule has 2 heterocycles. The van der Waals surface area contributed by atoms with Crippen molar-refractivity contribution in [2.75, 3.05) is 20.3 Å². The van der Waals surface area contributed by atoms with Gasteiger partial charge in [0, 0.05) is 24.1 Å². The minimum absolute atomic E-state index is 0.584. The second-order valence-electron chi connectivity index (χ2n) is 4.22. The molecule has 0 bridgehead atoms. The molecule has 1 unspecified atom stereocenters. The summed E-state index contributed by atoms with van der Waals surface area (Å²) in [7, 11) is 2.17. The second kappa shape index (κ2) is 5.05. The van der Waals surface area contributed by atoms with Gasteiger partial charge in [-0.25, -0.2) is 0 Å². The average Bonchev–Trinajstić information content (AvgIpc) is 2.65. The van der Waals surface area contributed by atoms with Crippen molar-refractivity contribution in [1.82, 2.24) is 9.27 Å². The van der Waals surface area contributed by atoms with Crippen molar-refractivity contribution >= 4 is 11.5 Å². The fourth-order valence-electron chi connectivity index (χ4n) is 1.94. The summed E-state index contributed by atoms with van der Waals surface area (Å²) < 4.78 is 9.79. The molecule has 0 spiro atoms. The maximum atomic E-state index is 5.49. The first-order valence-electron chi connectivity index (χ1n) is 5.46. The van der Waals surface area contributed by atoms with Gasteiger partial charge in [-0.15, -0.1) is 0 Å². The molecule has 0 N–H and O–H groups in total. The van der Waals surface area contributed by atoms with Crippen molar-refractivity contribution in [3.05, 3.63) is 16.6 Å². The lowest BCUT2D eigenvalue weighted by molar-refractivity contribution is 0.0253. The summed E-state index contributed by atoms with van der Waals surface area (Å²) in [5, 5.41) is 0. The Balaban J connectivity index is 1.88. The summed E-state index contributed by atoms with van der Waals surface area (Å²) in [6.45, 7) is 4.86. The standard InChI is InChI=1S/C11H18N2OS/c1-9-6-11(15-12-9)7-13(2)10-4-3-5-14-8-10/h6,10H,3-5,7-8H2,1-2H3. The number of nitrogens with zero attached hydrogens (tertiary/aromatic N) is 2. The van der Waals surface area contributed by atoms with E-state index in [1.807, 2.05) is 6.92 Å². The van der Waals surface area contributed by atoms with E-state index in [9.17, 15) is 0 Å². The molecule has 84 valence electrons. The van der Waals surface area contributed by atoms with Gasteiger partial charge in [0.1, 0.15) is 0 Å². The Morgan fingerprint density at radius 3 is 3.13 bits per heavy atom. The van der Waals surface area contributed by atoms with Crippen molar-refractivity contribution in [3.8, 4) is 0 Å². The zero-order valence-electron chi connectivity index (χ0n) is 9.40. The van der Waals surface area contributed by atoms with Crippen molar-refractivity contribution < 1.29 is 4.74 Å². The van der Waals surface area contributed by atoms with Gasteiger partial charge in [0.25, 0.3) is 0 Å². The highest BCUT2D eigenvalue weighted by Crippen LogP contribution is 2.17. The molecule has 1 aliphatic heterocycles. The van der Waals surface area contributed by atoms with Crippen LogP contribution in [0, 0.1) is 6.92 Å². The third-order valence-electron chi connectivity index (χ3n) is 2.84. The normalized spacial score (nSPS) is 22.2. The highest BCUT2D eigenvalue weighted by atomic mass is 32.1. The minimum atomic E-state index is 0.584. The van der Waals surface area contributed by atoms with Crippen LogP contribution in [0.25, 0.3) is 0 Å². The molecule has 0 aromatic carbocycles. The van der Waals surface area contributed by atoms with Gasteiger partial charge >= 0.3 is 0 Å². The molecule has 15 heavy (non-hydrogen) atoms. The molecule has 1 atom stereocenters. The van der Waals surface area contributed by atoms with Gasteiger partial charge in [-0.1, -0.05) is 0 Å². The lowest BCUT2D eigenvalue weighted by Gasteiger charge is -2.30. The van der Waals surface area contributed by atoms with Crippen molar-refractivity contribution in [1.29, 1.82) is 0 Å². The number of aromatic nitrogens is 1. The maximum absolute atomic E-state index is 5.49. The SMILES string of the molecule is Cc1cc(CN(C)C2CCCOC2)sn1. The van der Waals surface area contributed by atoms with Gasteiger partial charge in [-0.2, -0.15) is 4.37 Å². The van der Waals surface area contributed by atoms with Crippen LogP contribution in [0.5, 0.6) is 0 Å². The van der Waals surface area contributed by atoms with Gasteiger partial charge in [0.15, 0.2) is 0 Å². The van der Waals surface area contributed by atoms with E-state index in [-0.39, 0.29) is 0 Å². The zero-order valence-corrected chi connectivity index (χ0v) is 10.2. The first-order valence-corrected chi connectivity index (χ1v) is 6.23. The van der Waals surface area contributed by atoms with Crippen LogP contribution in [0.15, 0.2) is 6.07 Å².